The first kappa shape index (κ1) is 15.3. The zero-order chi connectivity index (χ0) is 15.4. The first-order chi connectivity index (χ1) is 10.0. The van der Waals surface area contributed by atoms with Crippen molar-refractivity contribution < 1.29 is 4.92 Å². The van der Waals surface area contributed by atoms with Crippen LogP contribution in [-0.2, 0) is 6.42 Å². The fourth-order valence-electron chi connectivity index (χ4n) is 2.02. The topological polar surface area (TPSA) is 99.9 Å². The van der Waals surface area contributed by atoms with Crippen LogP contribution in [0.15, 0.2) is 29.4 Å². The molecule has 8 heteroatoms. The molecule has 7 nitrogen and oxygen atoms in total. The van der Waals surface area contributed by atoms with E-state index in [0.717, 1.165) is 10.7 Å². The van der Waals surface area contributed by atoms with E-state index in [4.69, 9.17) is 5.73 Å². The molecule has 1 aromatic carbocycles. The smallest absolute Gasteiger partial charge is 0.272 e. The predicted molar refractivity (Wildman–Crippen MR) is 82.3 cm³/mol. The molecule has 0 amide bonds. The molecule has 1 heterocycles. The number of aromatic nitrogens is 3. The number of hydrogen-bond acceptors (Lipinski definition) is 6. The number of anilines is 1. The number of thioether (sulfide) groups is 1. The number of nitrogen functional groups attached to an aromatic ring is 1. The monoisotopic (exact) mass is 307 g/mol. The Hall–Kier alpha value is -2.09. The highest BCUT2D eigenvalue weighted by Crippen LogP contribution is 2.25. The summed E-state index contributed by atoms with van der Waals surface area (Å²) in [4.78, 5) is 10.6. The Kier molecular flexibility index (Phi) is 4.79. The van der Waals surface area contributed by atoms with Crippen molar-refractivity contribution in [1.29, 1.82) is 0 Å². The molecule has 0 aliphatic carbocycles. The highest BCUT2D eigenvalue weighted by Gasteiger charge is 2.15. The van der Waals surface area contributed by atoms with Crippen molar-refractivity contribution in [3.05, 3.63) is 39.9 Å². The molecule has 0 aliphatic rings. The lowest BCUT2D eigenvalue weighted by Gasteiger charge is -2.11. The molecule has 0 spiro atoms. The first-order valence-electron chi connectivity index (χ1n) is 6.56. The summed E-state index contributed by atoms with van der Waals surface area (Å²) in [6, 6.07) is 6.95. The van der Waals surface area contributed by atoms with Gasteiger partial charge in [-0.2, -0.15) is 0 Å². The lowest BCUT2D eigenvalue weighted by atomic mass is 10.1. The second kappa shape index (κ2) is 6.57. The van der Waals surface area contributed by atoms with Crippen molar-refractivity contribution in [3.8, 4) is 0 Å². The van der Waals surface area contributed by atoms with Gasteiger partial charge in [0.1, 0.15) is 0 Å². The second-order valence-corrected chi connectivity index (χ2v) is 5.85. The van der Waals surface area contributed by atoms with Gasteiger partial charge in [-0.1, -0.05) is 30.0 Å². The molecule has 0 aliphatic heterocycles. The number of nitro groups is 1. The molecule has 2 N–H and O–H groups in total. The van der Waals surface area contributed by atoms with Gasteiger partial charge in [-0.15, -0.1) is 10.2 Å². The Morgan fingerprint density at radius 2 is 2.10 bits per heavy atom. The van der Waals surface area contributed by atoms with E-state index in [-0.39, 0.29) is 16.7 Å². The van der Waals surface area contributed by atoms with Crippen molar-refractivity contribution in [3.63, 3.8) is 0 Å². The Balaban J connectivity index is 2.04. The van der Waals surface area contributed by atoms with Gasteiger partial charge in [0, 0.05) is 23.4 Å². The van der Waals surface area contributed by atoms with E-state index in [1.807, 2.05) is 24.5 Å². The van der Waals surface area contributed by atoms with Crippen molar-refractivity contribution in [1.82, 2.24) is 14.8 Å². The SMILES string of the molecule is CC(C)n1c(N)nnc1SCCc1ccccc1[N+](=O)[O-]. The van der Waals surface area contributed by atoms with Gasteiger partial charge in [-0.25, -0.2) is 0 Å². The summed E-state index contributed by atoms with van der Waals surface area (Å²) in [7, 11) is 0. The molecule has 0 bridgehead atoms. The van der Waals surface area contributed by atoms with Gasteiger partial charge in [0.15, 0.2) is 5.16 Å². The summed E-state index contributed by atoms with van der Waals surface area (Å²) in [6.45, 7) is 4.01. The van der Waals surface area contributed by atoms with E-state index < -0.39 is 0 Å². The van der Waals surface area contributed by atoms with E-state index >= 15 is 0 Å². The number of benzene rings is 1. The van der Waals surface area contributed by atoms with Gasteiger partial charge < -0.3 is 5.73 Å². The Morgan fingerprint density at radius 3 is 2.76 bits per heavy atom. The molecule has 2 aromatic rings. The van der Waals surface area contributed by atoms with E-state index in [0.29, 0.717) is 18.1 Å². The third kappa shape index (κ3) is 3.52. The van der Waals surface area contributed by atoms with Crippen LogP contribution in [0.3, 0.4) is 0 Å². The van der Waals surface area contributed by atoms with Gasteiger partial charge in [-0.3, -0.25) is 14.7 Å². The largest absolute Gasteiger partial charge is 0.368 e. The number of nitro benzene ring substituents is 1. The average Bonchev–Trinajstić information content (AvgIpc) is 2.80. The van der Waals surface area contributed by atoms with Crippen molar-refractivity contribution in [2.45, 2.75) is 31.5 Å². The number of rotatable bonds is 6. The molecular formula is C13H17N5O2S. The summed E-state index contributed by atoms with van der Waals surface area (Å²) in [5.74, 6) is 1.06. The van der Waals surface area contributed by atoms with Crippen LogP contribution in [0.2, 0.25) is 0 Å². The van der Waals surface area contributed by atoms with Gasteiger partial charge in [0.25, 0.3) is 5.69 Å². The lowest BCUT2D eigenvalue weighted by molar-refractivity contribution is -0.385. The maximum Gasteiger partial charge on any atom is 0.272 e. The second-order valence-electron chi connectivity index (χ2n) is 4.79. The van der Waals surface area contributed by atoms with Crippen LogP contribution in [0.1, 0.15) is 25.5 Å². The Labute approximate surface area is 126 Å². The van der Waals surface area contributed by atoms with Crippen LogP contribution in [0.4, 0.5) is 11.6 Å². The fraction of sp³-hybridized carbons (Fsp3) is 0.385. The van der Waals surface area contributed by atoms with E-state index in [1.54, 1.807) is 12.1 Å². The minimum atomic E-state index is -0.353. The number of nitrogens with two attached hydrogens (primary N) is 1. The zero-order valence-electron chi connectivity index (χ0n) is 11.9. The van der Waals surface area contributed by atoms with Crippen LogP contribution in [-0.4, -0.2) is 25.4 Å². The van der Waals surface area contributed by atoms with Gasteiger partial charge in [0.05, 0.1) is 4.92 Å². The maximum atomic E-state index is 11.0. The lowest BCUT2D eigenvalue weighted by Crippen LogP contribution is -2.07. The fourth-order valence-corrected chi connectivity index (χ4v) is 3.07. The molecule has 0 saturated carbocycles. The van der Waals surface area contributed by atoms with E-state index in [1.165, 1.54) is 17.8 Å². The van der Waals surface area contributed by atoms with Gasteiger partial charge in [-0.05, 0) is 20.3 Å². The highest BCUT2D eigenvalue weighted by atomic mass is 32.2. The average molecular weight is 307 g/mol. The normalized spacial score (nSPS) is 11.0. The zero-order valence-corrected chi connectivity index (χ0v) is 12.7. The molecule has 2 rings (SSSR count). The third-order valence-corrected chi connectivity index (χ3v) is 3.94. The molecule has 0 unspecified atom stereocenters. The molecule has 21 heavy (non-hydrogen) atoms. The van der Waals surface area contributed by atoms with Crippen molar-refractivity contribution in [2.75, 3.05) is 11.5 Å². The van der Waals surface area contributed by atoms with Gasteiger partial charge >= 0.3 is 0 Å². The minimum Gasteiger partial charge on any atom is -0.368 e. The highest BCUT2D eigenvalue weighted by molar-refractivity contribution is 7.99. The number of aryl methyl sites for hydroxylation is 1. The maximum absolute atomic E-state index is 11.0. The van der Waals surface area contributed by atoms with Crippen molar-refractivity contribution in [2.24, 2.45) is 0 Å². The molecule has 1 aromatic heterocycles. The summed E-state index contributed by atoms with van der Waals surface area (Å²) in [5.41, 5.74) is 6.65. The van der Waals surface area contributed by atoms with E-state index in [2.05, 4.69) is 10.2 Å². The Bertz CT molecular complexity index is 641. The number of hydrogen-bond donors (Lipinski definition) is 1. The third-order valence-electron chi connectivity index (χ3n) is 3.00. The standard InChI is InChI=1S/C13H17N5O2S/c1-9(2)17-12(14)15-16-13(17)21-8-7-10-5-3-4-6-11(10)18(19)20/h3-6,9H,7-8H2,1-2H3,(H2,14,15). The predicted octanol–water partition coefficient (Wildman–Crippen LogP) is 2.68. The Morgan fingerprint density at radius 1 is 1.38 bits per heavy atom. The minimum absolute atomic E-state index is 0.156. The molecule has 0 saturated heterocycles. The summed E-state index contributed by atoms with van der Waals surface area (Å²) < 4.78 is 1.85. The van der Waals surface area contributed by atoms with Crippen LogP contribution < -0.4 is 5.73 Å². The van der Waals surface area contributed by atoms with Crippen LogP contribution in [0.25, 0.3) is 0 Å². The summed E-state index contributed by atoms with van der Waals surface area (Å²) in [6.07, 6.45) is 0.590. The van der Waals surface area contributed by atoms with Crippen LogP contribution in [0, 0.1) is 10.1 Å². The van der Waals surface area contributed by atoms with Crippen LogP contribution in [0.5, 0.6) is 0 Å². The van der Waals surface area contributed by atoms with Crippen molar-refractivity contribution >= 4 is 23.4 Å². The summed E-state index contributed by atoms with van der Waals surface area (Å²) >= 11 is 1.50. The number of para-hydroxylation sites is 1. The molecule has 112 valence electrons. The quantitative estimate of drug-likeness (QED) is 0.500. The molecule has 0 radical (unpaired) electrons. The first-order valence-corrected chi connectivity index (χ1v) is 7.54. The van der Waals surface area contributed by atoms with Gasteiger partial charge in [0.2, 0.25) is 5.95 Å². The molecular weight excluding hydrogens is 290 g/mol. The molecule has 0 fully saturated rings. The molecule has 0 atom stereocenters. The van der Waals surface area contributed by atoms with Crippen LogP contribution >= 0.6 is 11.8 Å². The summed E-state index contributed by atoms with van der Waals surface area (Å²) in [5, 5.41) is 19.6. The number of nitrogens with zero attached hydrogens (tertiary/aromatic N) is 4. The van der Waals surface area contributed by atoms with E-state index in [9.17, 15) is 10.1 Å².